The van der Waals surface area contributed by atoms with Crippen LogP contribution in [0.4, 0.5) is 19.3 Å². The van der Waals surface area contributed by atoms with Gasteiger partial charge in [0.05, 0.1) is 17.9 Å². The van der Waals surface area contributed by atoms with Crippen molar-refractivity contribution in [3.05, 3.63) is 65.2 Å². The number of nitrogens with one attached hydrogen (secondary N) is 2. The van der Waals surface area contributed by atoms with Crippen molar-refractivity contribution in [2.24, 2.45) is 17.3 Å². The number of benzene rings is 1. The number of nitrogens with zero attached hydrogens (tertiary/aromatic N) is 4. The normalized spacial score (nSPS) is 24.3. The Morgan fingerprint density at radius 2 is 1.92 bits per heavy atom. The quantitative estimate of drug-likeness (QED) is 0.491. The van der Waals surface area contributed by atoms with Gasteiger partial charge in [-0.05, 0) is 32.8 Å². The number of rotatable bonds is 5. The molecule has 0 bridgehead atoms. The van der Waals surface area contributed by atoms with Crippen molar-refractivity contribution in [2.45, 2.75) is 58.1 Å². The molecule has 2 aromatic heterocycles. The maximum absolute atomic E-state index is 14.3. The summed E-state index contributed by atoms with van der Waals surface area (Å²) in [5, 5.41) is 14.3. The number of aromatic amines is 1. The first-order valence-electron chi connectivity index (χ1n) is 13.2. The number of carbonyl (C=O) groups is 2. The third-order valence-corrected chi connectivity index (χ3v) is 8.30. The topological polar surface area (TPSA) is 105 Å². The van der Waals surface area contributed by atoms with E-state index in [-0.39, 0.29) is 36.6 Å². The number of aromatic nitrogens is 4. The van der Waals surface area contributed by atoms with E-state index in [0.29, 0.717) is 30.0 Å². The Hall–Kier alpha value is -3.76. The molecule has 2 amide bonds. The molecule has 206 valence electrons. The Balaban J connectivity index is 1.17. The molecule has 1 saturated heterocycles. The number of likely N-dealkylation sites (tertiary alicyclic amines) is 1. The number of carbonyl (C=O) groups excluding carboxylic acids is 2. The lowest BCUT2D eigenvalue weighted by molar-refractivity contribution is -0.00750. The SMILES string of the molecule is CC(C)(C)OC(=O)N1CC([C@@H](c2ccccc2)n2cc(NC(=O)c3n[nH]c4c3C[C@@H]3C(F)(F)[C@]3(C)C4)cn2)C1. The molecule has 9 nitrogen and oxygen atoms in total. The number of fused-ring (bicyclic) bond motifs is 2. The van der Waals surface area contributed by atoms with Crippen molar-refractivity contribution in [2.75, 3.05) is 18.4 Å². The van der Waals surface area contributed by atoms with Crippen molar-refractivity contribution in [3.8, 4) is 0 Å². The number of amides is 2. The van der Waals surface area contributed by atoms with Gasteiger partial charge >= 0.3 is 6.09 Å². The molecule has 1 saturated carbocycles. The van der Waals surface area contributed by atoms with Gasteiger partial charge < -0.3 is 15.0 Å². The summed E-state index contributed by atoms with van der Waals surface area (Å²) >= 11 is 0. The van der Waals surface area contributed by atoms with Crippen LogP contribution in [0.1, 0.15) is 61.0 Å². The van der Waals surface area contributed by atoms with E-state index in [1.807, 2.05) is 51.1 Å². The van der Waals surface area contributed by atoms with Gasteiger partial charge in [-0.15, -0.1) is 0 Å². The van der Waals surface area contributed by atoms with E-state index in [4.69, 9.17) is 4.74 Å². The van der Waals surface area contributed by atoms with Crippen LogP contribution in [-0.4, -0.2) is 61.5 Å². The smallest absolute Gasteiger partial charge is 0.410 e. The van der Waals surface area contributed by atoms with E-state index in [1.54, 1.807) is 28.9 Å². The molecule has 2 fully saturated rings. The number of hydrogen-bond donors (Lipinski definition) is 2. The molecule has 1 aromatic carbocycles. The fraction of sp³-hybridized carbons (Fsp3) is 0.500. The second kappa shape index (κ2) is 8.62. The van der Waals surface area contributed by atoms with Gasteiger partial charge in [0.2, 0.25) is 0 Å². The molecule has 1 aliphatic heterocycles. The Bertz CT molecular complexity index is 1420. The second-order valence-corrected chi connectivity index (χ2v) is 12.2. The minimum atomic E-state index is -2.73. The molecule has 0 unspecified atom stereocenters. The monoisotopic (exact) mass is 538 g/mol. The Morgan fingerprint density at radius 1 is 1.21 bits per heavy atom. The molecule has 0 radical (unpaired) electrons. The Labute approximate surface area is 224 Å². The maximum atomic E-state index is 14.3. The van der Waals surface area contributed by atoms with Crippen molar-refractivity contribution in [1.82, 2.24) is 24.9 Å². The zero-order valence-corrected chi connectivity index (χ0v) is 22.4. The average Bonchev–Trinajstić information content (AvgIpc) is 3.25. The van der Waals surface area contributed by atoms with Crippen LogP contribution in [-0.2, 0) is 17.6 Å². The molecule has 0 spiro atoms. The predicted octanol–water partition coefficient (Wildman–Crippen LogP) is 4.68. The lowest BCUT2D eigenvalue weighted by Gasteiger charge is -2.43. The molecule has 3 heterocycles. The third kappa shape index (κ3) is 4.28. The summed E-state index contributed by atoms with van der Waals surface area (Å²) in [4.78, 5) is 27.3. The highest BCUT2D eigenvalue weighted by atomic mass is 19.3. The van der Waals surface area contributed by atoms with Crippen molar-refractivity contribution in [3.63, 3.8) is 0 Å². The second-order valence-electron chi connectivity index (χ2n) is 12.2. The molecule has 2 N–H and O–H groups in total. The van der Waals surface area contributed by atoms with Crippen LogP contribution in [0.2, 0.25) is 0 Å². The van der Waals surface area contributed by atoms with Gasteiger partial charge in [-0.1, -0.05) is 37.3 Å². The number of alkyl halides is 2. The lowest BCUT2D eigenvalue weighted by Crippen LogP contribution is -2.54. The Morgan fingerprint density at radius 3 is 2.62 bits per heavy atom. The van der Waals surface area contributed by atoms with Crippen molar-refractivity contribution in [1.29, 1.82) is 0 Å². The highest BCUT2D eigenvalue weighted by Crippen LogP contribution is 2.70. The highest BCUT2D eigenvalue weighted by molar-refractivity contribution is 6.04. The van der Waals surface area contributed by atoms with E-state index < -0.39 is 28.8 Å². The first-order valence-corrected chi connectivity index (χ1v) is 13.2. The van der Waals surface area contributed by atoms with E-state index in [0.717, 1.165) is 5.56 Å². The van der Waals surface area contributed by atoms with Crippen LogP contribution >= 0.6 is 0 Å². The third-order valence-electron chi connectivity index (χ3n) is 8.30. The van der Waals surface area contributed by atoms with Crippen LogP contribution in [0.15, 0.2) is 42.7 Å². The molecule has 6 rings (SSSR count). The van der Waals surface area contributed by atoms with Crippen LogP contribution in [0.5, 0.6) is 0 Å². The van der Waals surface area contributed by atoms with E-state index in [9.17, 15) is 18.4 Å². The molecular weight excluding hydrogens is 506 g/mol. The van der Waals surface area contributed by atoms with E-state index in [1.165, 1.54) is 0 Å². The van der Waals surface area contributed by atoms with Gasteiger partial charge in [0, 0.05) is 54.2 Å². The van der Waals surface area contributed by atoms with E-state index in [2.05, 4.69) is 20.6 Å². The fourth-order valence-electron chi connectivity index (χ4n) is 6.02. The molecule has 3 atom stereocenters. The predicted molar refractivity (Wildman–Crippen MR) is 139 cm³/mol. The number of H-pyrrole nitrogens is 1. The summed E-state index contributed by atoms with van der Waals surface area (Å²) in [7, 11) is 0. The Kier molecular flexibility index (Phi) is 5.64. The van der Waals surface area contributed by atoms with Gasteiger partial charge in [0.25, 0.3) is 11.8 Å². The summed E-state index contributed by atoms with van der Waals surface area (Å²) in [6, 6.07) is 9.70. The summed E-state index contributed by atoms with van der Waals surface area (Å²) in [6.45, 7) is 8.14. The summed E-state index contributed by atoms with van der Waals surface area (Å²) in [5.41, 5.74) is 1.19. The summed E-state index contributed by atoms with van der Waals surface area (Å²) in [5.74, 6) is -3.86. The minimum absolute atomic E-state index is 0.0937. The average molecular weight is 539 g/mol. The molecule has 3 aromatic rings. The highest BCUT2D eigenvalue weighted by Gasteiger charge is 2.78. The molecule has 3 aliphatic rings. The first-order chi connectivity index (χ1) is 18.4. The van der Waals surface area contributed by atoms with Crippen LogP contribution in [0.25, 0.3) is 0 Å². The molecular formula is C28H32F2N6O3. The maximum Gasteiger partial charge on any atom is 0.410 e. The molecule has 39 heavy (non-hydrogen) atoms. The number of halogens is 2. The van der Waals surface area contributed by atoms with Gasteiger partial charge in [-0.25, -0.2) is 13.6 Å². The lowest BCUT2D eigenvalue weighted by atomic mass is 9.87. The number of anilines is 1. The fourth-order valence-corrected chi connectivity index (χ4v) is 6.02. The zero-order valence-electron chi connectivity index (χ0n) is 22.4. The van der Waals surface area contributed by atoms with Crippen LogP contribution in [0, 0.1) is 17.3 Å². The van der Waals surface area contributed by atoms with E-state index >= 15 is 0 Å². The zero-order chi connectivity index (χ0) is 27.7. The minimum Gasteiger partial charge on any atom is -0.444 e. The van der Waals surface area contributed by atoms with Gasteiger partial charge in [-0.3, -0.25) is 14.6 Å². The number of hydrogen-bond acceptors (Lipinski definition) is 5. The van der Waals surface area contributed by atoms with Gasteiger partial charge in [0.1, 0.15) is 5.60 Å². The largest absolute Gasteiger partial charge is 0.444 e. The molecule has 11 heteroatoms. The first kappa shape index (κ1) is 25.5. The van der Waals surface area contributed by atoms with Crippen molar-refractivity contribution >= 4 is 17.7 Å². The number of ether oxygens (including phenoxy) is 1. The van der Waals surface area contributed by atoms with Crippen LogP contribution in [0.3, 0.4) is 0 Å². The van der Waals surface area contributed by atoms with Gasteiger partial charge in [0.15, 0.2) is 5.69 Å². The van der Waals surface area contributed by atoms with Crippen molar-refractivity contribution < 1.29 is 23.1 Å². The standard InChI is InChI=1S/C28H32F2N6O3/c1-26(2,3)39-25(38)35-13-17(14-35)23(16-8-6-5-7-9-16)36-15-18(12-31-36)32-24(37)22-19-10-21-27(4,28(21,29)30)11-20(19)33-34-22/h5-9,12,15,17,21,23H,10-11,13-14H2,1-4H3,(H,32,37)(H,33,34)/t21-,23+,27+/m0/s1. The molecule has 2 aliphatic carbocycles. The van der Waals surface area contributed by atoms with Gasteiger partial charge in [-0.2, -0.15) is 10.2 Å². The summed E-state index contributed by atoms with van der Waals surface area (Å²) in [6.07, 6.45) is 3.27. The van der Waals surface area contributed by atoms with Crippen LogP contribution < -0.4 is 5.32 Å². The summed E-state index contributed by atoms with van der Waals surface area (Å²) < 4.78 is 35.9.